The van der Waals surface area contributed by atoms with Gasteiger partial charge < -0.3 is 0 Å². The van der Waals surface area contributed by atoms with Gasteiger partial charge in [-0.1, -0.05) is 46.3 Å². The van der Waals surface area contributed by atoms with Gasteiger partial charge in [-0.05, 0) is 57.9 Å². The molecular formula is C16H14Br2ClF. The van der Waals surface area contributed by atoms with Gasteiger partial charge in [0.15, 0.2) is 0 Å². The Bertz CT molecular complexity index is 586. The Hall–Kier alpha value is -0.380. The van der Waals surface area contributed by atoms with Crippen LogP contribution in [0, 0.1) is 11.7 Å². The lowest BCUT2D eigenvalue weighted by Crippen LogP contribution is -2.11. The van der Waals surface area contributed by atoms with E-state index in [1.807, 2.05) is 24.3 Å². The molecule has 4 heteroatoms. The third kappa shape index (κ3) is 4.06. The Balaban J connectivity index is 2.14. The first-order valence-corrected chi connectivity index (χ1v) is 8.46. The van der Waals surface area contributed by atoms with Crippen molar-refractivity contribution in [3.63, 3.8) is 0 Å². The van der Waals surface area contributed by atoms with Gasteiger partial charge in [-0.25, -0.2) is 4.39 Å². The molecule has 0 aliphatic heterocycles. The minimum absolute atomic E-state index is 0.225. The quantitative estimate of drug-likeness (QED) is 0.521. The average Bonchev–Trinajstić information content (AvgIpc) is 2.45. The summed E-state index contributed by atoms with van der Waals surface area (Å²) in [7, 11) is 0. The normalized spacial score (nSPS) is 12.4. The average molecular weight is 421 g/mol. The SMILES string of the molecule is Fc1cccc(CC(CCl)Cc2ccccc2Br)c1Br. The van der Waals surface area contributed by atoms with Crippen molar-refractivity contribution < 1.29 is 4.39 Å². The number of hydrogen-bond acceptors (Lipinski definition) is 0. The van der Waals surface area contributed by atoms with Gasteiger partial charge in [0, 0.05) is 10.4 Å². The van der Waals surface area contributed by atoms with E-state index in [-0.39, 0.29) is 11.7 Å². The number of benzene rings is 2. The highest BCUT2D eigenvalue weighted by Gasteiger charge is 2.14. The van der Waals surface area contributed by atoms with Crippen LogP contribution in [-0.4, -0.2) is 5.88 Å². The van der Waals surface area contributed by atoms with Gasteiger partial charge in [-0.3, -0.25) is 0 Å². The van der Waals surface area contributed by atoms with E-state index in [9.17, 15) is 4.39 Å². The van der Waals surface area contributed by atoms with Crippen LogP contribution in [0.1, 0.15) is 11.1 Å². The standard InChI is InChI=1S/C16H14Br2ClF/c17-14-6-2-1-4-12(14)8-11(10-19)9-13-5-3-7-15(20)16(13)18/h1-7,11H,8-10H2. The summed E-state index contributed by atoms with van der Waals surface area (Å²) in [6, 6.07) is 13.3. The maximum Gasteiger partial charge on any atom is 0.137 e. The first-order valence-electron chi connectivity index (χ1n) is 6.34. The summed E-state index contributed by atoms with van der Waals surface area (Å²) in [6.45, 7) is 0. The van der Waals surface area contributed by atoms with E-state index in [1.165, 1.54) is 11.6 Å². The van der Waals surface area contributed by atoms with Gasteiger partial charge in [-0.2, -0.15) is 0 Å². The molecule has 0 nitrogen and oxygen atoms in total. The summed E-state index contributed by atoms with van der Waals surface area (Å²) in [6.07, 6.45) is 1.62. The third-order valence-corrected chi connectivity index (χ3v) is 5.32. The Morgan fingerprint density at radius 3 is 2.30 bits per heavy atom. The summed E-state index contributed by atoms with van der Waals surface area (Å²) in [5.74, 6) is 0.592. The molecule has 0 N–H and O–H groups in total. The molecule has 0 aliphatic rings. The summed E-state index contributed by atoms with van der Waals surface area (Å²) >= 11 is 13.0. The molecule has 1 unspecified atom stereocenters. The van der Waals surface area contributed by atoms with E-state index in [4.69, 9.17) is 11.6 Å². The van der Waals surface area contributed by atoms with E-state index >= 15 is 0 Å². The fourth-order valence-electron chi connectivity index (χ4n) is 2.17. The van der Waals surface area contributed by atoms with Crippen molar-refractivity contribution in [2.45, 2.75) is 12.8 Å². The van der Waals surface area contributed by atoms with E-state index in [0.717, 1.165) is 22.9 Å². The summed E-state index contributed by atoms with van der Waals surface area (Å²) in [5, 5.41) is 0. The maximum atomic E-state index is 13.5. The highest BCUT2D eigenvalue weighted by molar-refractivity contribution is 9.10. The second-order valence-corrected chi connectivity index (χ2v) is 6.69. The molecular weight excluding hydrogens is 406 g/mol. The van der Waals surface area contributed by atoms with E-state index < -0.39 is 0 Å². The lowest BCUT2D eigenvalue weighted by Gasteiger charge is -2.16. The van der Waals surface area contributed by atoms with Crippen LogP contribution >= 0.6 is 43.5 Å². The van der Waals surface area contributed by atoms with Crippen LogP contribution in [0.2, 0.25) is 0 Å². The highest BCUT2D eigenvalue weighted by Crippen LogP contribution is 2.26. The summed E-state index contributed by atoms with van der Waals surface area (Å²) < 4.78 is 15.2. The van der Waals surface area contributed by atoms with E-state index in [1.54, 1.807) is 6.07 Å². The number of rotatable bonds is 5. The van der Waals surface area contributed by atoms with Gasteiger partial charge >= 0.3 is 0 Å². The Kier molecular flexibility index (Phi) is 6.06. The summed E-state index contributed by atoms with van der Waals surface area (Å²) in [5.41, 5.74) is 2.19. The number of alkyl halides is 1. The van der Waals surface area contributed by atoms with Crippen molar-refractivity contribution in [1.82, 2.24) is 0 Å². The first-order chi connectivity index (χ1) is 9.61. The number of hydrogen-bond donors (Lipinski definition) is 0. The Morgan fingerprint density at radius 2 is 1.60 bits per heavy atom. The van der Waals surface area contributed by atoms with Crippen LogP contribution in [0.15, 0.2) is 51.4 Å². The van der Waals surface area contributed by atoms with Crippen LogP contribution in [0.3, 0.4) is 0 Å². The topological polar surface area (TPSA) is 0 Å². The largest absolute Gasteiger partial charge is 0.206 e. The molecule has 0 saturated carbocycles. The Morgan fingerprint density at radius 1 is 0.950 bits per heavy atom. The molecule has 0 saturated heterocycles. The molecule has 0 amide bonds. The summed E-state index contributed by atoms with van der Waals surface area (Å²) in [4.78, 5) is 0. The predicted molar refractivity (Wildman–Crippen MR) is 89.9 cm³/mol. The molecule has 0 radical (unpaired) electrons. The Labute approximate surface area is 140 Å². The van der Waals surface area contributed by atoms with Crippen molar-refractivity contribution in [3.05, 3.63) is 68.4 Å². The minimum atomic E-state index is -0.225. The van der Waals surface area contributed by atoms with Gasteiger partial charge in [-0.15, -0.1) is 11.6 Å². The molecule has 2 rings (SSSR count). The minimum Gasteiger partial charge on any atom is -0.206 e. The molecule has 0 heterocycles. The molecule has 0 fully saturated rings. The molecule has 106 valence electrons. The maximum absolute atomic E-state index is 13.5. The highest BCUT2D eigenvalue weighted by atomic mass is 79.9. The van der Waals surface area contributed by atoms with E-state index in [0.29, 0.717) is 10.4 Å². The zero-order valence-electron chi connectivity index (χ0n) is 10.8. The van der Waals surface area contributed by atoms with Crippen molar-refractivity contribution in [1.29, 1.82) is 0 Å². The van der Waals surface area contributed by atoms with Crippen LogP contribution in [0.25, 0.3) is 0 Å². The lowest BCUT2D eigenvalue weighted by molar-refractivity contribution is 0.572. The van der Waals surface area contributed by atoms with E-state index in [2.05, 4.69) is 37.9 Å². The van der Waals surface area contributed by atoms with Crippen molar-refractivity contribution in [3.8, 4) is 0 Å². The van der Waals surface area contributed by atoms with Gasteiger partial charge in [0.25, 0.3) is 0 Å². The fraction of sp³-hybridized carbons (Fsp3) is 0.250. The third-order valence-electron chi connectivity index (χ3n) is 3.22. The predicted octanol–water partition coefficient (Wildman–Crippen LogP) is 5.99. The molecule has 2 aromatic rings. The molecule has 2 aromatic carbocycles. The molecule has 20 heavy (non-hydrogen) atoms. The molecule has 0 bridgehead atoms. The van der Waals surface area contributed by atoms with Crippen LogP contribution in [0.4, 0.5) is 4.39 Å². The van der Waals surface area contributed by atoms with Crippen LogP contribution in [0.5, 0.6) is 0 Å². The lowest BCUT2D eigenvalue weighted by atomic mass is 9.94. The molecule has 0 aromatic heterocycles. The fourth-order valence-corrected chi connectivity index (χ4v) is 3.26. The smallest absolute Gasteiger partial charge is 0.137 e. The van der Waals surface area contributed by atoms with Crippen molar-refractivity contribution in [2.75, 3.05) is 5.88 Å². The number of halogens is 4. The zero-order valence-corrected chi connectivity index (χ0v) is 14.7. The first kappa shape index (κ1) is 16.0. The zero-order chi connectivity index (χ0) is 14.5. The second kappa shape index (κ2) is 7.58. The van der Waals surface area contributed by atoms with Gasteiger partial charge in [0.1, 0.15) is 5.82 Å². The van der Waals surface area contributed by atoms with Gasteiger partial charge in [0.2, 0.25) is 0 Å². The van der Waals surface area contributed by atoms with Gasteiger partial charge in [0.05, 0.1) is 4.47 Å². The monoisotopic (exact) mass is 418 g/mol. The van der Waals surface area contributed by atoms with Crippen LogP contribution in [-0.2, 0) is 12.8 Å². The molecule has 0 spiro atoms. The second-order valence-electron chi connectivity index (χ2n) is 4.73. The van der Waals surface area contributed by atoms with Crippen molar-refractivity contribution >= 4 is 43.5 Å². The van der Waals surface area contributed by atoms with Crippen LogP contribution < -0.4 is 0 Å². The molecule has 1 atom stereocenters. The van der Waals surface area contributed by atoms with Crippen molar-refractivity contribution in [2.24, 2.45) is 5.92 Å². The molecule has 0 aliphatic carbocycles.